The van der Waals surface area contributed by atoms with E-state index in [-0.39, 0.29) is 32.4 Å². The third-order valence-electron chi connectivity index (χ3n) is 9.38. The molecule has 6 aliphatic rings. The van der Waals surface area contributed by atoms with Gasteiger partial charge in [0.25, 0.3) is 0 Å². The van der Waals surface area contributed by atoms with Gasteiger partial charge in [0.1, 0.15) is 0 Å². The molecule has 0 saturated carbocycles. The average Bonchev–Trinajstić information content (AvgIpc) is 3.58. The van der Waals surface area contributed by atoms with Gasteiger partial charge in [-0.25, -0.2) is 12.0 Å². The van der Waals surface area contributed by atoms with Crippen molar-refractivity contribution < 1.29 is 29.0 Å². The average molecular weight is 725 g/mol. The molecule has 0 N–H and O–H groups in total. The van der Waals surface area contributed by atoms with Gasteiger partial charge in [-0.2, -0.15) is 23.0 Å². The summed E-state index contributed by atoms with van der Waals surface area (Å²) in [6.07, 6.45) is 15.9. The van der Waals surface area contributed by atoms with Gasteiger partial charge >= 0.3 is 0 Å². The van der Waals surface area contributed by atoms with Crippen molar-refractivity contribution in [1.29, 1.82) is 0 Å². The smallest absolute Gasteiger partial charge is 0.171 e. The fraction of sp³-hybridized carbons (Fsp3) is 0.636. The molecule has 39 heavy (non-hydrogen) atoms. The van der Waals surface area contributed by atoms with Crippen molar-refractivity contribution >= 4 is 17.0 Å². The Hall–Kier alpha value is -1.33. The van der Waals surface area contributed by atoms with E-state index in [4.69, 9.17) is 14.2 Å². The number of aliphatic imine (C=N–C) groups is 1. The summed E-state index contributed by atoms with van der Waals surface area (Å²) in [5, 5.41) is 11.7. The number of nitrogens with zero attached hydrogens (tertiary/aromatic N) is 3. The summed E-state index contributed by atoms with van der Waals surface area (Å²) < 4.78 is 29.2. The molecule has 5 heterocycles. The summed E-state index contributed by atoms with van der Waals surface area (Å²) in [6, 6.07) is 2.39. The first-order valence-corrected chi connectivity index (χ1v) is 15.6. The van der Waals surface area contributed by atoms with E-state index in [0.29, 0.717) is 35.8 Å². The van der Waals surface area contributed by atoms with Gasteiger partial charge in [-0.1, -0.05) is 51.9 Å². The quantitative estimate of drug-likeness (QED) is 0.282. The van der Waals surface area contributed by atoms with Gasteiger partial charge in [-0.15, -0.1) is 32.0 Å². The van der Waals surface area contributed by atoms with E-state index in [1.807, 2.05) is 0 Å². The minimum Gasteiger partial charge on any atom is -0.769 e. The van der Waals surface area contributed by atoms with Crippen molar-refractivity contribution in [3.05, 3.63) is 73.7 Å². The van der Waals surface area contributed by atoms with Crippen LogP contribution in [0.15, 0.2) is 45.1 Å². The molecule has 0 spiro atoms. The first kappa shape index (κ1) is 25.4. The maximum atomic E-state index is 7.65. The largest absolute Gasteiger partial charge is 0.769 e. The predicted molar refractivity (Wildman–Crippen MR) is 158 cm³/mol. The minimum atomic E-state index is -2.10. The van der Waals surface area contributed by atoms with Crippen LogP contribution in [0.2, 0.25) is 0 Å². The van der Waals surface area contributed by atoms with Crippen LogP contribution in [0, 0.1) is 42.1 Å². The predicted octanol–water partition coefficient (Wildman–Crippen LogP) is 8.72. The van der Waals surface area contributed by atoms with Crippen LogP contribution in [-0.2, 0) is 37.8 Å². The molecule has 1 fully saturated rings. The number of thiophene rings is 1. The second-order valence-corrected chi connectivity index (χ2v) is 13.2. The molecule has 0 aromatic carbocycles. The van der Waals surface area contributed by atoms with Crippen molar-refractivity contribution in [2.75, 3.05) is 6.54 Å². The van der Waals surface area contributed by atoms with Gasteiger partial charge in [0.05, 0.1) is 0 Å². The SMILES string of the molecule is CC1C=C(C2=[C-]C[C@H](C)CC2)[N-]C[C@H]1C.[2H]C([2H])([2H])C1=NC2OC3=C([C@H]4Cc5ccsc5C[N-]4)[CH-]CCC3C2CC1.[Ir]. The first-order chi connectivity index (χ1) is 19.7. The van der Waals surface area contributed by atoms with E-state index in [9.17, 15) is 0 Å². The van der Waals surface area contributed by atoms with E-state index in [2.05, 4.69) is 61.1 Å². The van der Waals surface area contributed by atoms with E-state index >= 15 is 0 Å². The molecular formula is C33H43IrN3OS-4. The molecule has 7 rings (SSSR count). The van der Waals surface area contributed by atoms with Crippen LogP contribution in [0.1, 0.15) is 87.1 Å². The number of allylic oxidation sites excluding steroid dienone is 4. The van der Waals surface area contributed by atoms with Gasteiger partial charge in [0.15, 0.2) is 6.23 Å². The number of ether oxygens (including phenoxy) is 1. The van der Waals surface area contributed by atoms with Gasteiger partial charge in [-0.05, 0) is 65.6 Å². The topological polar surface area (TPSA) is 49.8 Å². The minimum absolute atomic E-state index is 0. The maximum absolute atomic E-state index is 7.65. The van der Waals surface area contributed by atoms with Crippen molar-refractivity contribution in [2.45, 2.75) is 97.8 Å². The third-order valence-corrected chi connectivity index (χ3v) is 10.3. The molecule has 4 aliphatic heterocycles. The number of rotatable bonds is 2. The third kappa shape index (κ3) is 6.30. The van der Waals surface area contributed by atoms with Crippen molar-refractivity contribution in [3.63, 3.8) is 0 Å². The van der Waals surface area contributed by atoms with Crippen molar-refractivity contribution in [3.8, 4) is 0 Å². The number of fused-ring (bicyclic) bond motifs is 4. The summed E-state index contributed by atoms with van der Waals surface area (Å²) in [7, 11) is 0. The van der Waals surface area contributed by atoms with Crippen molar-refractivity contribution in [2.24, 2.45) is 34.6 Å². The molecule has 1 saturated heterocycles. The zero-order valence-corrected chi connectivity index (χ0v) is 26.6. The summed E-state index contributed by atoms with van der Waals surface area (Å²) in [6.45, 7) is 6.57. The summed E-state index contributed by atoms with van der Waals surface area (Å²) in [5.74, 6) is 3.94. The molecular weight excluding hydrogens is 679 g/mol. The van der Waals surface area contributed by atoms with Crippen LogP contribution in [0.25, 0.3) is 10.6 Å². The summed E-state index contributed by atoms with van der Waals surface area (Å²) in [5.41, 5.74) is 5.60. The molecule has 1 radical (unpaired) electrons. The fourth-order valence-electron chi connectivity index (χ4n) is 6.66. The zero-order chi connectivity index (χ0) is 28.7. The van der Waals surface area contributed by atoms with Gasteiger partial charge < -0.3 is 21.1 Å². The Morgan fingerprint density at radius 3 is 2.90 bits per heavy atom. The molecule has 0 bridgehead atoms. The second-order valence-electron chi connectivity index (χ2n) is 12.2. The number of hydrogen-bond acceptors (Lipinski definition) is 3. The van der Waals surface area contributed by atoms with E-state index < -0.39 is 6.85 Å². The van der Waals surface area contributed by atoms with Gasteiger partial charge in [-0.3, -0.25) is 11.1 Å². The zero-order valence-electron chi connectivity index (χ0n) is 26.4. The summed E-state index contributed by atoms with van der Waals surface area (Å²) >= 11 is 1.79. The molecule has 1 aromatic heterocycles. The van der Waals surface area contributed by atoms with Crippen LogP contribution in [0.4, 0.5) is 0 Å². The van der Waals surface area contributed by atoms with Crippen molar-refractivity contribution in [1.82, 2.24) is 0 Å². The second kappa shape index (κ2) is 12.7. The molecule has 4 nitrogen and oxygen atoms in total. The Morgan fingerprint density at radius 2 is 2.10 bits per heavy atom. The first-order valence-electron chi connectivity index (χ1n) is 16.2. The van der Waals surface area contributed by atoms with Crippen LogP contribution in [0.5, 0.6) is 0 Å². The Labute approximate surface area is 257 Å². The van der Waals surface area contributed by atoms with E-state index in [1.165, 1.54) is 40.1 Å². The molecule has 0 amide bonds. The molecule has 6 heteroatoms. The van der Waals surface area contributed by atoms with E-state index in [1.54, 1.807) is 11.3 Å². The Kier molecular flexibility index (Phi) is 8.25. The molecule has 215 valence electrons. The van der Waals surface area contributed by atoms with Crippen LogP contribution < -0.4 is 0 Å². The van der Waals surface area contributed by atoms with Gasteiger partial charge in [0.2, 0.25) is 0 Å². The molecule has 7 atom stereocenters. The molecule has 2 aliphatic carbocycles. The monoisotopic (exact) mass is 725 g/mol. The maximum Gasteiger partial charge on any atom is 0.171 e. The van der Waals surface area contributed by atoms with Crippen LogP contribution in [0.3, 0.4) is 0 Å². The molecule has 1 aromatic rings. The van der Waals surface area contributed by atoms with Gasteiger partial charge in [0, 0.05) is 35.8 Å². The Bertz CT molecular complexity index is 1250. The standard InChI is InChI=1S/C19H22N2OS.C14H21N.Ir/c1-11-5-6-14-13-3-2-4-15(18(13)22-19(14)21-11)16-9-12-7-8-23-17(12)10-20-16;1-10-4-6-13(7-5-10)14-8-11(2)12(3)9-15-14;/h4,7-8,13-14,16,19H,2-3,5-6,9-10H2,1H3;8,10-12H,4-6,9H2,1-3H3;/q2*-2;/t13?,14?,16-,19?;10-,11?,12-;/m11./s1/i1D3;;. The Balaban J connectivity index is 0.000000189. The number of hydrogen-bond donors (Lipinski definition) is 0. The van der Waals surface area contributed by atoms with Crippen LogP contribution in [-0.4, -0.2) is 24.5 Å². The van der Waals surface area contributed by atoms with Crippen LogP contribution >= 0.6 is 11.3 Å². The molecule has 4 unspecified atom stereocenters. The summed E-state index contributed by atoms with van der Waals surface area (Å²) in [4.78, 5) is 5.88. The normalized spacial score (nSPS) is 36.5. The van der Waals surface area contributed by atoms with E-state index in [0.717, 1.165) is 56.9 Å². The Morgan fingerprint density at radius 1 is 1.21 bits per heavy atom. The fourth-order valence-corrected chi connectivity index (χ4v) is 7.51.